The molecule has 3 rings (SSSR count). The fourth-order valence-electron chi connectivity index (χ4n) is 2.76. The summed E-state index contributed by atoms with van der Waals surface area (Å²) >= 11 is 1.60. The highest BCUT2D eigenvalue weighted by Gasteiger charge is 2.32. The van der Waals surface area contributed by atoms with Crippen molar-refractivity contribution in [1.82, 2.24) is 4.98 Å². The molecule has 1 fully saturated rings. The lowest BCUT2D eigenvalue weighted by molar-refractivity contribution is -0.138. The van der Waals surface area contributed by atoms with Crippen LogP contribution in [0.3, 0.4) is 0 Å². The molecule has 0 amide bonds. The van der Waals surface area contributed by atoms with Crippen molar-refractivity contribution >= 4 is 22.4 Å². The molecular formula is C13H18N2O3S. The van der Waals surface area contributed by atoms with Gasteiger partial charge in [-0.05, 0) is 32.1 Å². The Balaban J connectivity index is 1.55. The van der Waals surface area contributed by atoms with E-state index in [2.05, 4.69) is 10.3 Å². The molecule has 0 bridgehead atoms. The van der Waals surface area contributed by atoms with Gasteiger partial charge in [-0.25, -0.2) is 4.98 Å². The Morgan fingerprint density at radius 2 is 2.42 bits per heavy atom. The third-order valence-electron chi connectivity index (χ3n) is 3.78. The maximum absolute atomic E-state index is 11.1. The monoisotopic (exact) mass is 282 g/mol. The molecule has 6 heteroatoms. The number of fused-ring (bicyclic) bond motifs is 1. The number of nitrogens with zero attached hydrogens (tertiary/aromatic N) is 1. The first-order valence-electron chi connectivity index (χ1n) is 6.82. The van der Waals surface area contributed by atoms with Crippen LogP contribution in [0.15, 0.2) is 0 Å². The van der Waals surface area contributed by atoms with Gasteiger partial charge in [0.25, 0.3) is 0 Å². The van der Waals surface area contributed by atoms with Gasteiger partial charge in [0.15, 0.2) is 5.13 Å². The molecule has 2 aliphatic rings. The van der Waals surface area contributed by atoms with Crippen LogP contribution < -0.4 is 5.32 Å². The lowest BCUT2D eigenvalue weighted by atomic mass is 10.1. The molecule has 0 radical (unpaired) electrons. The van der Waals surface area contributed by atoms with Crippen LogP contribution in [0.1, 0.15) is 42.2 Å². The number of anilines is 1. The zero-order valence-electron chi connectivity index (χ0n) is 10.7. The zero-order chi connectivity index (χ0) is 13.2. The minimum absolute atomic E-state index is 0.381. The van der Waals surface area contributed by atoms with E-state index in [1.807, 2.05) is 0 Å². The maximum atomic E-state index is 11.1. The number of hydrogen-bond donors (Lipinski definition) is 2. The van der Waals surface area contributed by atoms with Crippen LogP contribution in [0.25, 0.3) is 0 Å². The zero-order valence-corrected chi connectivity index (χ0v) is 11.5. The van der Waals surface area contributed by atoms with E-state index in [9.17, 15) is 4.79 Å². The number of nitrogens with one attached hydrogen (secondary N) is 1. The van der Waals surface area contributed by atoms with Gasteiger partial charge >= 0.3 is 5.97 Å². The second kappa shape index (κ2) is 5.46. The van der Waals surface area contributed by atoms with Gasteiger partial charge in [-0.15, -0.1) is 11.3 Å². The summed E-state index contributed by atoms with van der Waals surface area (Å²) in [6.07, 6.45) is 5.23. The molecule has 104 valence electrons. The Morgan fingerprint density at radius 1 is 1.53 bits per heavy atom. The summed E-state index contributed by atoms with van der Waals surface area (Å²) in [5.41, 5.74) is 0.775. The summed E-state index contributed by atoms with van der Waals surface area (Å²) in [6.45, 7) is 1.73. The molecule has 19 heavy (non-hydrogen) atoms. The Hall–Kier alpha value is -1.14. The average molecular weight is 282 g/mol. The SMILES string of the molecule is O=C(O)C1CCc2sc(NCCC3CCCO3)nc21. The number of aliphatic carboxylic acids is 1. The van der Waals surface area contributed by atoms with Crippen LogP contribution in [0, 0.1) is 0 Å². The molecule has 1 aliphatic heterocycles. The molecule has 2 heterocycles. The van der Waals surface area contributed by atoms with Crippen LogP contribution in [-0.4, -0.2) is 35.3 Å². The molecule has 0 saturated carbocycles. The number of carboxylic acids is 1. The first-order chi connectivity index (χ1) is 9.24. The fraction of sp³-hybridized carbons (Fsp3) is 0.692. The van der Waals surface area contributed by atoms with Crippen molar-refractivity contribution in [2.75, 3.05) is 18.5 Å². The summed E-state index contributed by atoms with van der Waals surface area (Å²) in [5, 5.41) is 13.3. The molecule has 0 aromatic carbocycles. The summed E-state index contributed by atoms with van der Waals surface area (Å²) in [7, 11) is 0. The number of ether oxygens (including phenoxy) is 1. The predicted molar refractivity (Wildman–Crippen MR) is 72.9 cm³/mol. The van der Waals surface area contributed by atoms with E-state index in [-0.39, 0.29) is 0 Å². The van der Waals surface area contributed by atoms with Crippen molar-refractivity contribution in [2.24, 2.45) is 0 Å². The van der Waals surface area contributed by atoms with Crippen LogP contribution in [0.5, 0.6) is 0 Å². The van der Waals surface area contributed by atoms with Gasteiger partial charge in [0.1, 0.15) is 5.92 Å². The molecule has 1 saturated heterocycles. The van der Waals surface area contributed by atoms with Crippen LogP contribution in [0.2, 0.25) is 0 Å². The molecule has 2 N–H and O–H groups in total. The molecule has 0 spiro atoms. The third-order valence-corrected chi connectivity index (χ3v) is 4.87. The van der Waals surface area contributed by atoms with Crippen LogP contribution in [0.4, 0.5) is 5.13 Å². The number of aromatic nitrogens is 1. The number of aryl methyl sites for hydroxylation is 1. The van der Waals surface area contributed by atoms with E-state index >= 15 is 0 Å². The Kier molecular flexibility index (Phi) is 3.70. The van der Waals surface area contributed by atoms with Crippen LogP contribution >= 0.6 is 11.3 Å². The number of rotatable bonds is 5. The van der Waals surface area contributed by atoms with Gasteiger partial charge < -0.3 is 15.2 Å². The van der Waals surface area contributed by atoms with Crippen molar-refractivity contribution in [3.8, 4) is 0 Å². The summed E-state index contributed by atoms with van der Waals surface area (Å²) in [4.78, 5) is 16.7. The van der Waals surface area contributed by atoms with Crippen molar-refractivity contribution in [2.45, 2.75) is 44.1 Å². The summed E-state index contributed by atoms with van der Waals surface area (Å²) in [5.74, 6) is -1.16. The van der Waals surface area contributed by atoms with Gasteiger partial charge in [0.2, 0.25) is 0 Å². The van der Waals surface area contributed by atoms with E-state index in [0.717, 1.165) is 54.5 Å². The highest BCUT2D eigenvalue weighted by Crippen LogP contribution is 2.38. The normalized spacial score (nSPS) is 25.5. The number of carbonyl (C=O) groups is 1. The van der Waals surface area contributed by atoms with E-state index in [1.165, 1.54) is 0 Å². The largest absolute Gasteiger partial charge is 0.481 e. The second-order valence-corrected chi connectivity index (χ2v) is 6.19. The number of carboxylic acid groups (broad SMARTS) is 1. The quantitative estimate of drug-likeness (QED) is 0.866. The smallest absolute Gasteiger partial charge is 0.312 e. The van der Waals surface area contributed by atoms with Gasteiger partial charge in [-0.1, -0.05) is 0 Å². The lowest BCUT2D eigenvalue weighted by Gasteiger charge is -2.09. The second-order valence-electron chi connectivity index (χ2n) is 5.11. The maximum Gasteiger partial charge on any atom is 0.312 e. The van der Waals surface area contributed by atoms with Crippen molar-refractivity contribution in [3.63, 3.8) is 0 Å². The summed E-state index contributed by atoms with van der Waals surface area (Å²) < 4.78 is 5.57. The van der Waals surface area contributed by atoms with Crippen molar-refractivity contribution < 1.29 is 14.6 Å². The lowest BCUT2D eigenvalue weighted by Crippen LogP contribution is -2.13. The van der Waals surface area contributed by atoms with E-state index in [0.29, 0.717) is 12.5 Å². The van der Waals surface area contributed by atoms with Gasteiger partial charge in [-0.2, -0.15) is 0 Å². The van der Waals surface area contributed by atoms with E-state index in [4.69, 9.17) is 9.84 Å². The Morgan fingerprint density at radius 3 is 3.16 bits per heavy atom. The minimum atomic E-state index is -0.755. The van der Waals surface area contributed by atoms with E-state index in [1.54, 1.807) is 11.3 Å². The molecule has 2 atom stereocenters. The minimum Gasteiger partial charge on any atom is -0.481 e. The third kappa shape index (κ3) is 2.74. The first-order valence-corrected chi connectivity index (χ1v) is 7.63. The molecule has 1 aromatic rings. The number of thiazole rings is 1. The first kappa shape index (κ1) is 12.9. The number of hydrogen-bond acceptors (Lipinski definition) is 5. The molecule has 5 nitrogen and oxygen atoms in total. The van der Waals surface area contributed by atoms with Crippen LogP contribution in [-0.2, 0) is 16.0 Å². The van der Waals surface area contributed by atoms with Gasteiger partial charge in [0, 0.05) is 18.0 Å². The molecular weight excluding hydrogens is 264 g/mol. The fourth-order valence-corrected chi connectivity index (χ4v) is 3.82. The average Bonchev–Trinajstić information content (AvgIpc) is 3.03. The highest BCUT2D eigenvalue weighted by molar-refractivity contribution is 7.15. The van der Waals surface area contributed by atoms with Gasteiger partial charge in [0.05, 0.1) is 11.8 Å². The summed E-state index contributed by atoms with van der Waals surface area (Å²) in [6, 6.07) is 0. The predicted octanol–water partition coefficient (Wildman–Crippen LogP) is 2.24. The Labute approximate surface area is 116 Å². The molecule has 1 aromatic heterocycles. The Bertz CT molecular complexity index is 468. The topological polar surface area (TPSA) is 71.5 Å². The molecule has 1 aliphatic carbocycles. The standard InChI is InChI=1S/C13H18N2O3S/c16-12(17)9-3-4-10-11(9)15-13(19-10)14-6-5-8-2-1-7-18-8/h8-9H,1-7H2,(H,14,15)(H,16,17). The van der Waals surface area contributed by atoms with E-state index < -0.39 is 11.9 Å². The van der Waals surface area contributed by atoms with Crippen molar-refractivity contribution in [3.05, 3.63) is 10.6 Å². The van der Waals surface area contributed by atoms with Crippen molar-refractivity contribution in [1.29, 1.82) is 0 Å². The molecule has 2 unspecified atom stereocenters. The van der Waals surface area contributed by atoms with Gasteiger partial charge in [-0.3, -0.25) is 4.79 Å². The highest BCUT2D eigenvalue weighted by atomic mass is 32.1.